The molecule has 0 radical (unpaired) electrons. The quantitative estimate of drug-likeness (QED) is 0.577. The van der Waals surface area contributed by atoms with E-state index in [1.807, 2.05) is 13.0 Å². The summed E-state index contributed by atoms with van der Waals surface area (Å²) >= 11 is 0. The third kappa shape index (κ3) is 4.07. The van der Waals surface area contributed by atoms with E-state index in [0.717, 1.165) is 5.56 Å². The number of rotatable bonds is 8. The van der Waals surface area contributed by atoms with Crippen LogP contribution in [-0.2, 0) is 14.2 Å². The second-order valence-electron chi connectivity index (χ2n) is 9.08. The standard InChI is InChI=1S/C26H32O10/c1-14-22(12-28-2)35-20-9-15(19(31-5)10-21(20)34-14)23-16-11-32-25(26(16,27)13-33-23)36-24-17(29-3)7-6-8-18(24)30-4/h6-10,14,16,22-23,25,27H,11-13H2,1-5H3/t14-,16-,22-,23-,25-,26-/m1/s1. The number of para-hydroxylation sites is 1. The van der Waals surface area contributed by atoms with Crippen LogP contribution >= 0.6 is 0 Å². The van der Waals surface area contributed by atoms with Crippen LogP contribution in [0.3, 0.4) is 0 Å². The molecule has 0 spiro atoms. The predicted molar refractivity (Wildman–Crippen MR) is 126 cm³/mol. The summed E-state index contributed by atoms with van der Waals surface area (Å²) < 4.78 is 52.2. The van der Waals surface area contributed by atoms with Gasteiger partial charge in [-0.15, -0.1) is 0 Å². The molecular weight excluding hydrogens is 472 g/mol. The van der Waals surface area contributed by atoms with Gasteiger partial charge in [-0.25, -0.2) is 0 Å². The smallest absolute Gasteiger partial charge is 0.232 e. The van der Waals surface area contributed by atoms with Crippen LogP contribution < -0.4 is 28.4 Å². The van der Waals surface area contributed by atoms with Gasteiger partial charge in [0.2, 0.25) is 12.0 Å². The van der Waals surface area contributed by atoms with Crippen LogP contribution in [-0.4, -0.2) is 77.5 Å². The second-order valence-corrected chi connectivity index (χ2v) is 9.08. The fourth-order valence-corrected chi connectivity index (χ4v) is 5.01. The zero-order valence-corrected chi connectivity index (χ0v) is 21.0. The normalized spacial score (nSPS) is 30.6. The number of benzene rings is 2. The van der Waals surface area contributed by atoms with Gasteiger partial charge in [0.25, 0.3) is 0 Å². The number of ether oxygens (including phenoxy) is 9. The molecule has 0 bridgehead atoms. The average Bonchev–Trinajstić information content (AvgIpc) is 3.38. The first-order valence-electron chi connectivity index (χ1n) is 11.8. The van der Waals surface area contributed by atoms with Crippen molar-refractivity contribution in [1.82, 2.24) is 0 Å². The number of fused-ring (bicyclic) bond motifs is 2. The molecule has 2 aromatic carbocycles. The molecule has 0 saturated carbocycles. The molecule has 36 heavy (non-hydrogen) atoms. The number of hydrogen-bond acceptors (Lipinski definition) is 10. The van der Waals surface area contributed by atoms with E-state index >= 15 is 0 Å². The van der Waals surface area contributed by atoms with E-state index in [2.05, 4.69) is 0 Å². The van der Waals surface area contributed by atoms with E-state index in [-0.39, 0.29) is 25.4 Å². The van der Waals surface area contributed by atoms with Crippen molar-refractivity contribution in [2.24, 2.45) is 5.92 Å². The summed E-state index contributed by atoms with van der Waals surface area (Å²) in [5, 5.41) is 11.7. The van der Waals surface area contributed by atoms with Crippen molar-refractivity contribution in [1.29, 1.82) is 0 Å². The minimum atomic E-state index is -1.41. The van der Waals surface area contributed by atoms with Crippen molar-refractivity contribution in [3.8, 4) is 34.5 Å². The Balaban J connectivity index is 1.42. The molecule has 1 N–H and O–H groups in total. The fourth-order valence-electron chi connectivity index (χ4n) is 5.01. The van der Waals surface area contributed by atoms with Gasteiger partial charge in [0, 0.05) is 18.7 Å². The van der Waals surface area contributed by atoms with E-state index in [0.29, 0.717) is 41.1 Å². The molecule has 0 amide bonds. The van der Waals surface area contributed by atoms with Gasteiger partial charge >= 0.3 is 0 Å². The first-order valence-corrected chi connectivity index (χ1v) is 11.8. The molecule has 2 aromatic rings. The molecule has 0 unspecified atom stereocenters. The molecule has 2 saturated heterocycles. The maximum atomic E-state index is 11.7. The number of hydrogen-bond donors (Lipinski definition) is 1. The lowest BCUT2D eigenvalue weighted by molar-refractivity contribution is -0.153. The summed E-state index contributed by atoms with van der Waals surface area (Å²) in [5.41, 5.74) is -0.687. The maximum Gasteiger partial charge on any atom is 0.232 e. The van der Waals surface area contributed by atoms with Crippen molar-refractivity contribution < 1.29 is 47.7 Å². The fraction of sp³-hybridized carbons (Fsp3) is 0.538. The minimum absolute atomic E-state index is 0.00535. The Labute approximate surface area is 209 Å². The topological polar surface area (TPSA) is 103 Å². The Morgan fingerprint density at radius 3 is 2.31 bits per heavy atom. The molecule has 5 rings (SSSR count). The summed E-state index contributed by atoms with van der Waals surface area (Å²) in [4.78, 5) is 0. The van der Waals surface area contributed by atoms with Gasteiger partial charge in [0.1, 0.15) is 11.9 Å². The third-order valence-corrected chi connectivity index (χ3v) is 6.99. The predicted octanol–water partition coefficient (Wildman–Crippen LogP) is 2.74. The highest BCUT2D eigenvalue weighted by atomic mass is 16.7. The van der Waals surface area contributed by atoms with Crippen molar-refractivity contribution in [3.63, 3.8) is 0 Å². The highest BCUT2D eigenvalue weighted by molar-refractivity contribution is 5.53. The van der Waals surface area contributed by atoms with Crippen molar-refractivity contribution >= 4 is 0 Å². The zero-order valence-electron chi connectivity index (χ0n) is 21.0. The summed E-state index contributed by atoms with van der Waals surface area (Å²) in [6.45, 7) is 2.54. The molecular formula is C26H32O10. The molecule has 3 heterocycles. The van der Waals surface area contributed by atoms with Gasteiger partial charge in [0.05, 0.1) is 53.2 Å². The lowest BCUT2D eigenvalue weighted by Gasteiger charge is -2.33. The minimum Gasteiger partial charge on any atom is -0.496 e. The molecule has 2 fully saturated rings. The van der Waals surface area contributed by atoms with Gasteiger partial charge in [-0.2, -0.15) is 0 Å². The lowest BCUT2D eigenvalue weighted by Crippen LogP contribution is -2.47. The number of methoxy groups -OCH3 is 4. The van der Waals surface area contributed by atoms with Crippen LogP contribution in [0.2, 0.25) is 0 Å². The first kappa shape index (κ1) is 24.8. The summed E-state index contributed by atoms with van der Waals surface area (Å²) in [6, 6.07) is 8.92. The number of aliphatic hydroxyl groups is 1. The van der Waals surface area contributed by atoms with Crippen LogP contribution in [0, 0.1) is 5.92 Å². The maximum absolute atomic E-state index is 11.7. The SMILES string of the molecule is COC[C@H]1Oc2cc([C@H]3OC[C@]4(O)[C@@H](Oc5c(OC)cccc5OC)OC[C@H]34)c(OC)cc2O[C@@H]1C. The molecule has 6 atom stereocenters. The van der Waals surface area contributed by atoms with Gasteiger partial charge in [0.15, 0.2) is 34.7 Å². The van der Waals surface area contributed by atoms with E-state index < -0.39 is 23.9 Å². The first-order chi connectivity index (χ1) is 17.4. The van der Waals surface area contributed by atoms with Crippen LogP contribution in [0.4, 0.5) is 0 Å². The molecule has 3 aliphatic rings. The molecule has 3 aliphatic heterocycles. The van der Waals surface area contributed by atoms with Crippen molar-refractivity contribution in [2.45, 2.75) is 37.1 Å². The Hall–Kier alpha value is -2.92. The van der Waals surface area contributed by atoms with Gasteiger partial charge < -0.3 is 47.7 Å². The van der Waals surface area contributed by atoms with E-state index in [1.165, 1.54) is 14.2 Å². The monoisotopic (exact) mass is 504 g/mol. The molecule has 196 valence electrons. The Bertz CT molecular complexity index is 1070. The molecule has 10 heteroatoms. The largest absolute Gasteiger partial charge is 0.496 e. The Morgan fingerprint density at radius 2 is 1.64 bits per heavy atom. The lowest BCUT2D eigenvalue weighted by atomic mass is 9.85. The van der Waals surface area contributed by atoms with Crippen LogP contribution in [0.5, 0.6) is 34.5 Å². The van der Waals surface area contributed by atoms with Gasteiger partial charge in [-0.3, -0.25) is 0 Å². The zero-order chi connectivity index (χ0) is 25.4. The Morgan fingerprint density at radius 1 is 0.944 bits per heavy atom. The van der Waals surface area contributed by atoms with Crippen molar-refractivity contribution in [3.05, 3.63) is 35.9 Å². The van der Waals surface area contributed by atoms with E-state index in [1.54, 1.807) is 38.5 Å². The van der Waals surface area contributed by atoms with Crippen LogP contribution in [0.25, 0.3) is 0 Å². The van der Waals surface area contributed by atoms with Crippen LogP contribution in [0.15, 0.2) is 30.3 Å². The molecule has 0 aliphatic carbocycles. The van der Waals surface area contributed by atoms with Gasteiger partial charge in [-0.1, -0.05) is 6.07 Å². The third-order valence-electron chi connectivity index (χ3n) is 6.99. The summed E-state index contributed by atoms with van der Waals surface area (Å²) in [6.07, 6.45) is -1.96. The highest BCUT2D eigenvalue weighted by Crippen LogP contribution is 2.53. The molecule has 10 nitrogen and oxygen atoms in total. The second kappa shape index (κ2) is 9.85. The van der Waals surface area contributed by atoms with E-state index in [4.69, 9.17) is 42.6 Å². The molecule has 0 aromatic heterocycles. The Kier molecular flexibility index (Phi) is 6.78. The highest BCUT2D eigenvalue weighted by Gasteiger charge is 2.61. The van der Waals surface area contributed by atoms with Crippen molar-refractivity contribution in [2.75, 3.05) is 48.3 Å². The van der Waals surface area contributed by atoms with Crippen LogP contribution in [0.1, 0.15) is 18.6 Å². The van der Waals surface area contributed by atoms with E-state index in [9.17, 15) is 5.11 Å². The summed E-state index contributed by atoms with van der Waals surface area (Å²) in [7, 11) is 6.28. The average molecular weight is 505 g/mol. The summed E-state index contributed by atoms with van der Waals surface area (Å²) in [5.74, 6) is 2.57. The van der Waals surface area contributed by atoms with Gasteiger partial charge in [-0.05, 0) is 25.1 Å².